The lowest BCUT2D eigenvalue weighted by atomic mass is 10.0. The fourth-order valence-corrected chi connectivity index (χ4v) is 0.879. The minimum atomic E-state index is -0.164. The van der Waals surface area contributed by atoms with Crippen LogP contribution in [0.25, 0.3) is 0 Å². The smallest absolute Gasteiger partial charge is 0.223 e. The van der Waals surface area contributed by atoms with Gasteiger partial charge in [0.15, 0.2) is 0 Å². The lowest BCUT2D eigenvalue weighted by Crippen LogP contribution is -2.50. The summed E-state index contributed by atoms with van der Waals surface area (Å²) in [5.74, 6) is -0.0388. The van der Waals surface area contributed by atoms with Crippen molar-refractivity contribution in [3.8, 4) is 0 Å². The van der Waals surface area contributed by atoms with Gasteiger partial charge in [0, 0.05) is 13.1 Å². The maximum absolute atomic E-state index is 10.3. The van der Waals surface area contributed by atoms with Gasteiger partial charge in [-0.15, -0.1) is 24.8 Å². The van der Waals surface area contributed by atoms with E-state index < -0.39 is 0 Å². The lowest BCUT2D eigenvalue weighted by Gasteiger charge is -2.33. The van der Waals surface area contributed by atoms with E-state index in [9.17, 15) is 4.79 Å². The highest BCUT2D eigenvalue weighted by Gasteiger charge is 2.27. The van der Waals surface area contributed by atoms with Crippen LogP contribution < -0.4 is 5.73 Å². The molecule has 0 unspecified atom stereocenters. The van der Waals surface area contributed by atoms with Gasteiger partial charge in [0.2, 0.25) is 5.91 Å². The van der Waals surface area contributed by atoms with Crippen LogP contribution in [-0.2, 0) is 4.79 Å². The molecule has 5 heteroatoms. The number of hydrogen-bond donors (Lipinski definition) is 1. The highest BCUT2D eigenvalue weighted by Crippen LogP contribution is 2.10. The summed E-state index contributed by atoms with van der Waals surface area (Å²) < 4.78 is 0. The Morgan fingerprint density at radius 2 is 1.90 bits per heavy atom. The molecule has 1 fully saturated rings. The summed E-state index contributed by atoms with van der Waals surface area (Å²) in [5.41, 5.74) is 4.99. The summed E-state index contributed by atoms with van der Waals surface area (Å²) in [6.45, 7) is 1.69. The summed E-state index contributed by atoms with van der Waals surface area (Å²) in [6.07, 6.45) is 0. The molecule has 0 atom stereocenters. The zero-order chi connectivity index (χ0) is 6.15. The van der Waals surface area contributed by atoms with Crippen molar-refractivity contribution < 1.29 is 4.79 Å². The first-order valence-electron chi connectivity index (χ1n) is 2.68. The Morgan fingerprint density at radius 1 is 1.50 bits per heavy atom. The minimum Gasteiger partial charge on any atom is -0.369 e. The van der Waals surface area contributed by atoms with Gasteiger partial charge < -0.3 is 10.6 Å². The normalized spacial score (nSPS) is 18.1. The Balaban J connectivity index is 0. The van der Waals surface area contributed by atoms with E-state index in [1.807, 2.05) is 7.05 Å². The average Bonchev–Trinajstić information content (AvgIpc) is 1.57. The quantitative estimate of drug-likeness (QED) is 0.621. The number of primary amides is 1. The molecule has 1 rings (SSSR count). The average molecular weight is 187 g/mol. The molecule has 0 spiro atoms. The summed E-state index contributed by atoms with van der Waals surface area (Å²) in [5, 5.41) is 0. The minimum absolute atomic E-state index is 0. The summed E-state index contributed by atoms with van der Waals surface area (Å²) >= 11 is 0. The largest absolute Gasteiger partial charge is 0.369 e. The molecule has 2 N–H and O–H groups in total. The molecule has 0 saturated carbocycles. The predicted molar refractivity (Wildman–Crippen MR) is 44.7 cm³/mol. The molecule has 3 nitrogen and oxygen atoms in total. The zero-order valence-electron chi connectivity index (χ0n) is 5.74. The molecule has 1 heterocycles. The number of carbonyl (C=O) groups excluding carboxylic acids is 1. The van der Waals surface area contributed by atoms with Gasteiger partial charge >= 0.3 is 0 Å². The van der Waals surface area contributed by atoms with Crippen molar-refractivity contribution >= 4 is 30.7 Å². The Bertz CT molecular complexity index is 114. The Hall–Kier alpha value is 0.01000. The number of likely N-dealkylation sites (tertiary alicyclic amines) is 1. The molecular weight excluding hydrogens is 175 g/mol. The first kappa shape index (κ1) is 12.7. The van der Waals surface area contributed by atoms with E-state index in [4.69, 9.17) is 5.73 Å². The maximum atomic E-state index is 10.3. The van der Waals surface area contributed by atoms with Crippen molar-refractivity contribution in [1.29, 1.82) is 0 Å². The van der Waals surface area contributed by atoms with E-state index >= 15 is 0 Å². The van der Waals surface area contributed by atoms with Crippen LogP contribution in [0, 0.1) is 5.92 Å². The van der Waals surface area contributed by atoms with E-state index in [0.717, 1.165) is 13.1 Å². The molecule has 1 aliphatic heterocycles. The van der Waals surface area contributed by atoms with Crippen molar-refractivity contribution in [3.05, 3.63) is 0 Å². The Morgan fingerprint density at radius 3 is 2.00 bits per heavy atom. The molecule has 1 saturated heterocycles. The van der Waals surface area contributed by atoms with E-state index in [-0.39, 0.29) is 36.6 Å². The topological polar surface area (TPSA) is 46.3 Å². The van der Waals surface area contributed by atoms with Crippen molar-refractivity contribution in [2.45, 2.75) is 0 Å². The van der Waals surface area contributed by atoms with E-state index in [0.29, 0.717) is 0 Å². The van der Waals surface area contributed by atoms with Crippen LogP contribution in [0.5, 0.6) is 0 Å². The van der Waals surface area contributed by atoms with Crippen LogP contribution in [-0.4, -0.2) is 30.9 Å². The first-order valence-corrected chi connectivity index (χ1v) is 2.68. The standard InChI is InChI=1S/C5H10N2O.2ClH/c1-7-2-4(3-7)5(6)8;;/h4H,2-3H2,1H3,(H2,6,8);2*1H. The van der Waals surface area contributed by atoms with Crippen LogP contribution in [0.3, 0.4) is 0 Å². The molecule has 0 radical (unpaired) electrons. The van der Waals surface area contributed by atoms with Gasteiger partial charge in [0.1, 0.15) is 0 Å². The van der Waals surface area contributed by atoms with Crippen LogP contribution in [0.4, 0.5) is 0 Å². The second-order valence-corrected chi connectivity index (χ2v) is 2.32. The Kier molecular flexibility index (Phi) is 6.04. The molecule has 10 heavy (non-hydrogen) atoms. The summed E-state index contributed by atoms with van der Waals surface area (Å²) in [6, 6.07) is 0. The molecule has 1 aliphatic rings. The fourth-order valence-electron chi connectivity index (χ4n) is 0.879. The van der Waals surface area contributed by atoms with Gasteiger partial charge in [0.05, 0.1) is 5.92 Å². The SMILES string of the molecule is CN1CC(C(N)=O)C1.Cl.Cl. The number of halogens is 2. The molecule has 0 aromatic rings. The van der Waals surface area contributed by atoms with E-state index in [1.165, 1.54) is 0 Å². The molecule has 1 amide bonds. The van der Waals surface area contributed by atoms with Gasteiger partial charge in [-0.2, -0.15) is 0 Å². The van der Waals surface area contributed by atoms with Gasteiger partial charge in [-0.05, 0) is 7.05 Å². The number of carbonyl (C=O) groups is 1. The highest BCUT2D eigenvalue weighted by molar-refractivity contribution is 5.85. The monoisotopic (exact) mass is 186 g/mol. The predicted octanol–water partition coefficient (Wildman–Crippen LogP) is -0.123. The third-order valence-electron chi connectivity index (χ3n) is 1.47. The zero-order valence-corrected chi connectivity index (χ0v) is 7.37. The summed E-state index contributed by atoms with van der Waals surface area (Å²) in [7, 11) is 1.97. The molecular formula is C5H12Cl2N2O. The molecule has 0 bridgehead atoms. The Labute approximate surface area is 72.8 Å². The van der Waals surface area contributed by atoms with Crippen LogP contribution in [0.15, 0.2) is 0 Å². The molecule has 62 valence electrons. The van der Waals surface area contributed by atoms with E-state index in [2.05, 4.69) is 4.90 Å². The fraction of sp³-hybridized carbons (Fsp3) is 0.800. The van der Waals surface area contributed by atoms with Crippen LogP contribution in [0.1, 0.15) is 0 Å². The number of nitrogens with two attached hydrogens (primary N) is 1. The third-order valence-corrected chi connectivity index (χ3v) is 1.47. The highest BCUT2D eigenvalue weighted by atomic mass is 35.5. The second kappa shape index (κ2) is 4.77. The molecule has 0 aliphatic carbocycles. The number of hydrogen-bond acceptors (Lipinski definition) is 2. The number of rotatable bonds is 1. The maximum Gasteiger partial charge on any atom is 0.223 e. The number of nitrogens with zero attached hydrogens (tertiary/aromatic N) is 1. The molecule has 0 aromatic carbocycles. The summed E-state index contributed by atoms with van der Waals surface area (Å²) in [4.78, 5) is 12.4. The van der Waals surface area contributed by atoms with Gasteiger partial charge in [0.25, 0.3) is 0 Å². The number of amides is 1. The van der Waals surface area contributed by atoms with Gasteiger partial charge in [-0.25, -0.2) is 0 Å². The van der Waals surface area contributed by atoms with Crippen molar-refractivity contribution in [2.75, 3.05) is 20.1 Å². The van der Waals surface area contributed by atoms with Crippen molar-refractivity contribution in [2.24, 2.45) is 11.7 Å². The third kappa shape index (κ3) is 2.73. The van der Waals surface area contributed by atoms with Crippen molar-refractivity contribution in [3.63, 3.8) is 0 Å². The van der Waals surface area contributed by atoms with Crippen LogP contribution >= 0.6 is 24.8 Å². The van der Waals surface area contributed by atoms with E-state index in [1.54, 1.807) is 0 Å². The van der Waals surface area contributed by atoms with Gasteiger partial charge in [-0.3, -0.25) is 4.79 Å². The molecule has 0 aromatic heterocycles. The second-order valence-electron chi connectivity index (χ2n) is 2.32. The first-order chi connectivity index (χ1) is 3.70. The van der Waals surface area contributed by atoms with Gasteiger partial charge in [-0.1, -0.05) is 0 Å². The van der Waals surface area contributed by atoms with Crippen molar-refractivity contribution in [1.82, 2.24) is 4.90 Å². The van der Waals surface area contributed by atoms with Crippen LogP contribution in [0.2, 0.25) is 0 Å². The lowest BCUT2D eigenvalue weighted by molar-refractivity contribution is -0.126.